The van der Waals surface area contributed by atoms with E-state index >= 15 is 0 Å². The zero-order chi connectivity index (χ0) is 8.39. The van der Waals surface area contributed by atoms with Crippen LogP contribution in [0.2, 0.25) is 0 Å². The third kappa shape index (κ3) is 1.80. The number of hydrogen-bond acceptors (Lipinski definition) is 3. The minimum absolute atomic E-state index is 0.330. The van der Waals surface area contributed by atoms with Gasteiger partial charge in [0.2, 0.25) is 0 Å². The van der Waals surface area contributed by atoms with E-state index in [1.54, 1.807) is 0 Å². The smallest absolute Gasteiger partial charge is 0.313 e. The van der Waals surface area contributed by atoms with Crippen molar-refractivity contribution in [3.8, 4) is 0 Å². The molecule has 0 bridgehead atoms. The van der Waals surface area contributed by atoms with Crippen LogP contribution in [0.5, 0.6) is 0 Å². The lowest BCUT2D eigenvalue weighted by Gasteiger charge is -2.20. The van der Waals surface area contributed by atoms with Crippen molar-refractivity contribution < 1.29 is 13.6 Å². The molecule has 3 nitrogen and oxygen atoms in total. The Bertz CT molecular complexity index is 139. The molecule has 1 saturated heterocycles. The molecule has 1 heterocycles. The molecule has 2 fully saturated rings. The van der Waals surface area contributed by atoms with Gasteiger partial charge in [-0.2, -0.15) is 0 Å². The highest BCUT2D eigenvalue weighted by Crippen LogP contribution is 2.52. The SMILES string of the molecule is CCOP1OC2CCCCC2O1. The van der Waals surface area contributed by atoms with Crippen LogP contribution >= 0.6 is 8.60 Å². The van der Waals surface area contributed by atoms with Gasteiger partial charge in [0.1, 0.15) is 0 Å². The van der Waals surface area contributed by atoms with Crippen LogP contribution < -0.4 is 0 Å². The van der Waals surface area contributed by atoms with Crippen molar-refractivity contribution in [2.24, 2.45) is 0 Å². The first kappa shape index (κ1) is 8.89. The summed E-state index contributed by atoms with van der Waals surface area (Å²) in [7, 11) is -0.995. The highest BCUT2D eigenvalue weighted by Gasteiger charge is 2.39. The van der Waals surface area contributed by atoms with E-state index in [0.29, 0.717) is 18.8 Å². The third-order valence-electron chi connectivity index (χ3n) is 2.32. The van der Waals surface area contributed by atoms with Gasteiger partial charge in [0.15, 0.2) is 0 Å². The van der Waals surface area contributed by atoms with Gasteiger partial charge in [-0.05, 0) is 19.8 Å². The molecule has 4 heteroatoms. The summed E-state index contributed by atoms with van der Waals surface area (Å²) in [6, 6.07) is 0. The molecular formula is C8H15O3P. The lowest BCUT2D eigenvalue weighted by molar-refractivity contribution is 0.110. The molecule has 1 aliphatic heterocycles. The van der Waals surface area contributed by atoms with Gasteiger partial charge in [0, 0.05) is 0 Å². The van der Waals surface area contributed by atoms with Crippen LogP contribution in [0.1, 0.15) is 32.6 Å². The second kappa shape index (κ2) is 4.01. The topological polar surface area (TPSA) is 27.7 Å². The van der Waals surface area contributed by atoms with Crippen molar-refractivity contribution in [2.75, 3.05) is 6.61 Å². The lowest BCUT2D eigenvalue weighted by atomic mass is 9.95. The molecule has 12 heavy (non-hydrogen) atoms. The summed E-state index contributed by atoms with van der Waals surface area (Å²) < 4.78 is 16.6. The first-order valence-electron chi connectivity index (χ1n) is 4.66. The van der Waals surface area contributed by atoms with Gasteiger partial charge in [-0.15, -0.1) is 0 Å². The van der Waals surface area contributed by atoms with Gasteiger partial charge >= 0.3 is 8.60 Å². The zero-order valence-electron chi connectivity index (χ0n) is 7.36. The van der Waals surface area contributed by atoms with E-state index in [-0.39, 0.29) is 0 Å². The predicted molar refractivity (Wildman–Crippen MR) is 46.8 cm³/mol. The Kier molecular flexibility index (Phi) is 2.97. The summed E-state index contributed by atoms with van der Waals surface area (Å²) in [5.41, 5.74) is 0. The molecule has 0 amide bonds. The molecule has 2 aliphatic rings. The first-order chi connectivity index (χ1) is 5.90. The fourth-order valence-corrected chi connectivity index (χ4v) is 3.02. The molecular weight excluding hydrogens is 175 g/mol. The summed E-state index contributed by atoms with van der Waals surface area (Å²) in [5.74, 6) is 0. The van der Waals surface area contributed by atoms with Gasteiger partial charge in [-0.1, -0.05) is 12.8 Å². The highest BCUT2D eigenvalue weighted by molar-refractivity contribution is 7.42. The van der Waals surface area contributed by atoms with Gasteiger partial charge < -0.3 is 13.6 Å². The van der Waals surface area contributed by atoms with E-state index in [1.165, 1.54) is 12.8 Å². The normalized spacial score (nSPS) is 41.2. The second-order valence-corrected chi connectivity index (χ2v) is 4.34. The summed E-state index contributed by atoms with van der Waals surface area (Å²) in [5, 5.41) is 0. The standard InChI is InChI=1S/C8H15O3P/c1-2-9-12-10-7-5-3-4-6-8(7)11-12/h7-8H,2-6H2,1H3. The number of hydrogen-bond donors (Lipinski definition) is 0. The minimum atomic E-state index is -0.995. The maximum atomic E-state index is 5.63. The van der Waals surface area contributed by atoms with Crippen LogP contribution in [0, 0.1) is 0 Å². The van der Waals surface area contributed by atoms with Crippen molar-refractivity contribution in [1.82, 2.24) is 0 Å². The molecule has 1 aliphatic carbocycles. The predicted octanol–water partition coefficient (Wildman–Crippen LogP) is 2.61. The maximum absolute atomic E-state index is 5.63. The molecule has 2 atom stereocenters. The molecule has 70 valence electrons. The van der Waals surface area contributed by atoms with Crippen LogP contribution in [0.15, 0.2) is 0 Å². The minimum Gasteiger partial charge on any atom is -0.313 e. The van der Waals surface area contributed by atoms with E-state index in [9.17, 15) is 0 Å². The Balaban J connectivity index is 1.85. The van der Waals surface area contributed by atoms with E-state index < -0.39 is 8.60 Å². The Morgan fingerprint density at radius 1 is 1.25 bits per heavy atom. The maximum Gasteiger partial charge on any atom is 0.333 e. The van der Waals surface area contributed by atoms with E-state index in [4.69, 9.17) is 13.6 Å². The highest BCUT2D eigenvalue weighted by atomic mass is 31.2. The van der Waals surface area contributed by atoms with Crippen molar-refractivity contribution in [3.05, 3.63) is 0 Å². The van der Waals surface area contributed by atoms with Crippen LogP contribution in [-0.4, -0.2) is 18.8 Å². The Morgan fingerprint density at radius 2 is 1.83 bits per heavy atom. The van der Waals surface area contributed by atoms with Crippen LogP contribution in [0.25, 0.3) is 0 Å². The van der Waals surface area contributed by atoms with Crippen molar-refractivity contribution in [2.45, 2.75) is 44.8 Å². The van der Waals surface area contributed by atoms with Crippen molar-refractivity contribution in [3.63, 3.8) is 0 Å². The average molecular weight is 190 g/mol. The fraction of sp³-hybridized carbons (Fsp3) is 1.00. The molecule has 0 aromatic rings. The van der Waals surface area contributed by atoms with Crippen molar-refractivity contribution in [1.29, 1.82) is 0 Å². The van der Waals surface area contributed by atoms with E-state index in [2.05, 4.69) is 0 Å². The van der Waals surface area contributed by atoms with Crippen LogP contribution in [-0.2, 0) is 13.6 Å². The van der Waals surface area contributed by atoms with Gasteiger partial charge in [0.25, 0.3) is 0 Å². The molecule has 0 aromatic carbocycles. The summed E-state index contributed by atoms with van der Waals surface area (Å²) in [6.45, 7) is 2.65. The van der Waals surface area contributed by atoms with Gasteiger partial charge in [-0.3, -0.25) is 0 Å². The molecule has 0 spiro atoms. The Morgan fingerprint density at radius 3 is 2.33 bits per heavy atom. The van der Waals surface area contributed by atoms with E-state index in [1.807, 2.05) is 6.92 Å². The summed E-state index contributed by atoms with van der Waals surface area (Å²) in [4.78, 5) is 0. The molecule has 0 N–H and O–H groups in total. The molecule has 0 aromatic heterocycles. The quantitative estimate of drug-likeness (QED) is 0.626. The van der Waals surface area contributed by atoms with Crippen LogP contribution in [0.3, 0.4) is 0 Å². The first-order valence-corrected chi connectivity index (χ1v) is 5.76. The zero-order valence-corrected chi connectivity index (χ0v) is 8.26. The third-order valence-corrected chi connectivity index (χ3v) is 3.67. The van der Waals surface area contributed by atoms with Gasteiger partial charge in [-0.25, -0.2) is 0 Å². The fourth-order valence-electron chi connectivity index (χ4n) is 1.72. The Hall–Kier alpha value is 0.310. The van der Waals surface area contributed by atoms with Crippen molar-refractivity contribution >= 4 is 8.60 Å². The number of fused-ring (bicyclic) bond motifs is 1. The molecule has 1 saturated carbocycles. The molecule has 2 rings (SSSR count). The monoisotopic (exact) mass is 190 g/mol. The van der Waals surface area contributed by atoms with Crippen LogP contribution in [0.4, 0.5) is 0 Å². The average Bonchev–Trinajstić information content (AvgIpc) is 2.47. The number of rotatable bonds is 2. The largest absolute Gasteiger partial charge is 0.333 e. The van der Waals surface area contributed by atoms with E-state index in [0.717, 1.165) is 12.8 Å². The lowest BCUT2D eigenvalue weighted by Crippen LogP contribution is -2.25. The summed E-state index contributed by atoms with van der Waals surface area (Å²) >= 11 is 0. The second-order valence-electron chi connectivity index (χ2n) is 3.21. The molecule has 0 radical (unpaired) electrons. The Labute approximate surface area is 74.4 Å². The molecule has 2 unspecified atom stereocenters. The van der Waals surface area contributed by atoms with Gasteiger partial charge in [0.05, 0.1) is 18.8 Å². The summed E-state index contributed by atoms with van der Waals surface area (Å²) in [6.07, 6.45) is 5.51.